The summed E-state index contributed by atoms with van der Waals surface area (Å²) in [5, 5.41) is 0.150. The minimum absolute atomic E-state index is 0.0436. The van der Waals surface area contributed by atoms with Gasteiger partial charge in [-0.3, -0.25) is 9.52 Å². The number of carbonyl (C=O) groups excluding carboxylic acids is 1. The molecule has 0 amide bonds. The number of methoxy groups -OCH3 is 2. The molecule has 0 radical (unpaired) electrons. The maximum atomic E-state index is 12.5. The average molecular weight is 372 g/mol. The van der Waals surface area contributed by atoms with Crippen LogP contribution in [0, 0.1) is 0 Å². The van der Waals surface area contributed by atoms with Gasteiger partial charge in [0.2, 0.25) is 0 Å². The molecule has 0 aliphatic heterocycles. The van der Waals surface area contributed by atoms with E-state index in [0.29, 0.717) is 5.75 Å². The van der Waals surface area contributed by atoms with Crippen LogP contribution < -0.4 is 18.9 Å². The van der Waals surface area contributed by atoms with Crippen LogP contribution >= 0.6 is 11.6 Å². The highest BCUT2D eigenvalue weighted by Gasteiger charge is 2.19. The molecule has 128 valence electrons. The Kier molecular flexibility index (Phi) is 5.53. The van der Waals surface area contributed by atoms with E-state index in [-0.39, 0.29) is 33.6 Å². The summed E-state index contributed by atoms with van der Waals surface area (Å²) in [6.45, 7) is 0.232. The van der Waals surface area contributed by atoms with E-state index in [0.717, 1.165) is 0 Å². The van der Waals surface area contributed by atoms with E-state index in [1.54, 1.807) is 0 Å². The lowest BCUT2D eigenvalue weighted by Crippen LogP contribution is -2.13. The Balaban J connectivity index is 2.38. The average Bonchev–Trinajstić information content (AvgIpc) is 2.57. The molecule has 0 aliphatic rings. The topological polar surface area (TPSA) is 90.9 Å². The third kappa shape index (κ3) is 3.90. The number of halogens is 1. The van der Waals surface area contributed by atoms with Crippen LogP contribution in [0.15, 0.2) is 41.3 Å². The highest BCUT2D eigenvalue weighted by Crippen LogP contribution is 2.32. The molecular weight excluding hydrogens is 358 g/mol. The van der Waals surface area contributed by atoms with Crippen molar-refractivity contribution >= 4 is 33.8 Å². The molecule has 0 heterocycles. The number of sulfonamides is 1. The highest BCUT2D eigenvalue weighted by atomic mass is 35.5. The van der Waals surface area contributed by atoms with Gasteiger partial charge < -0.3 is 14.2 Å². The van der Waals surface area contributed by atoms with Crippen LogP contribution in [0.5, 0.6) is 17.2 Å². The number of hydrogen-bond acceptors (Lipinski definition) is 6. The molecule has 2 rings (SSSR count). The second-order valence-electron chi connectivity index (χ2n) is 4.48. The van der Waals surface area contributed by atoms with Gasteiger partial charge in [0, 0.05) is 12.1 Å². The summed E-state index contributed by atoms with van der Waals surface area (Å²) in [6, 6.07) is 8.30. The normalized spacial score (nSPS) is 10.8. The summed E-state index contributed by atoms with van der Waals surface area (Å²) in [5.41, 5.74) is 0.0748. The maximum Gasteiger partial charge on any atom is 0.298 e. The largest absolute Gasteiger partial charge is 0.493 e. The van der Waals surface area contributed by atoms with Crippen LogP contribution in [-0.4, -0.2) is 29.1 Å². The fraction of sp³-hybridized carbons (Fsp3) is 0.133. The van der Waals surface area contributed by atoms with Crippen molar-refractivity contribution in [3.63, 3.8) is 0 Å². The quantitative estimate of drug-likeness (QED) is 0.752. The van der Waals surface area contributed by atoms with E-state index in [2.05, 4.69) is 9.46 Å². The van der Waals surface area contributed by atoms with Crippen LogP contribution in [0.4, 0.5) is 5.69 Å². The van der Waals surface area contributed by atoms with Crippen LogP contribution in [0.25, 0.3) is 0 Å². The number of ether oxygens (including phenoxy) is 3. The zero-order chi connectivity index (χ0) is 17.7. The summed E-state index contributed by atoms with van der Waals surface area (Å²) < 4.78 is 42.2. The van der Waals surface area contributed by atoms with Gasteiger partial charge in [0.05, 0.1) is 29.8 Å². The first-order valence-corrected chi connectivity index (χ1v) is 8.42. The molecule has 0 aromatic heterocycles. The van der Waals surface area contributed by atoms with E-state index in [1.807, 2.05) is 0 Å². The Morgan fingerprint density at radius 3 is 2.38 bits per heavy atom. The zero-order valence-electron chi connectivity index (χ0n) is 12.8. The van der Waals surface area contributed by atoms with Crippen molar-refractivity contribution in [2.45, 2.75) is 4.90 Å². The van der Waals surface area contributed by atoms with Gasteiger partial charge >= 0.3 is 0 Å². The number of carbonyl (C=O) groups is 1. The summed E-state index contributed by atoms with van der Waals surface area (Å²) in [6.07, 6.45) is 0. The molecular formula is C15H14ClNO6S. The summed E-state index contributed by atoms with van der Waals surface area (Å²) >= 11 is 5.98. The SMILES string of the molecule is COc1ccc(S(=O)(=O)Nc2cc(OC=O)ccc2Cl)cc1OC. The summed E-state index contributed by atoms with van der Waals surface area (Å²) in [5.74, 6) is 0.819. The van der Waals surface area contributed by atoms with E-state index in [4.69, 9.17) is 21.1 Å². The van der Waals surface area contributed by atoms with Gasteiger partial charge in [0.1, 0.15) is 5.75 Å². The van der Waals surface area contributed by atoms with E-state index < -0.39 is 10.0 Å². The van der Waals surface area contributed by atoms with Crippen molar-refractivity contribution in [2.75, 3.05) is 18.9 Å². The smallest absolute Gasteiger partial charge is 0.298 e. The van der Waals surface area contributed by atoms with E-state index in [1.165, 1.54) is 50.6 Å². The van der Waals surface area contributed by atoms with E-state index in [9.17, 15) is 13.2 Å². The second kappa shape index (κ2) is 7.41. The predicted molar refractivity (Wildman–Crippen MR) is 88.5 cm³/mol. The van der Waals surface area contributed by atoms with Gasteiger partial charge in [0.25, 0.3) is 16.5 Å². The van der Waals surface area contributed by atoms with Crippen LogP contribution in [0.3, 0.4) is 0 Å². The third-order valence-electron chi connectivity index (χ3n) is 3.03. The summed E-state index contributed by atoms with van der Waals surface area (Å²) in [7, 11) is -1.09. The van der Waals surface area contributed by atoms with Crippen LogP contribution in [0.1, 0.15) is 0 Å². The molecule has 2 aromatic rings. The Labute approximate surface area is 144 Å². The van der Waals surface area contributed by atoms with Crippen molar-refractivity contribution < 1.29 is 27.4 Å². The molecule has 0 unspecified atom stereocenters. The van der Waals surface area contributed by atoms with Gasteiger partial charge in [-0.2, -0.15) is 0 Å². The Morgan fingerprint density at radius 1 is 1.04 bits per heavy atom. The Bertz CT molecular complexity index is 853. The van der Waals surface area contributed by atoms with Gasteiger partial charge in [0.15, 0.2) is 11.5 Å². The summed E-state index contributed by atoms with van der Waals surface area (Å²) in [4.78, 5) is 10.3. The number of rotatable bonds is 7. The monoisotopic (exact) mass is 371 g/mol. The molecule has 0 saturated heterocycles. The molecule has 0 saturated carbocycles. The number of anilines is 1. The Hall–Kier alpha value is -2.45. The highest BCUT2D eigenvalue weighted by molar-refractivity contribution is 7.92. The fourth-order valence-electron chi connectivity index (χ4n) is 1.90. The molecule has 0 aliphatic carbocycles. The van der Waals surface area contributed by atoms with Crippen molar-refractivity contribution in [3.8, 4) is 17.2 Å². The standard InChI is InChI=1S/C15H14ClNO6S/c1-21-14-6-4-11(8-15(14)22-2)24(19,20)17-13-7-10(23-9-18)3-5-12(13)16/h3-9,17H,1-2H3. The zero-order valence-corrected chi connectivity index (χ0v) is 14.3. The molecule has 24 heavy (non-hydrogen) atoms. The minimum atomic E-state index is -3.94. The lowest BCUT2D eigenvalue weighted by atomic mass is 10.3. The van der Waals surface area contributed by atoms with Gasteiger partial charge in [-0.25, -0.2) is 8.42 Å². The first-order valence-electron chi connectivity index (χ1n) is 6.56. The van der Waals surface area contributed by atoms with Crippen LogP contribution in [0.2, 0.25) is 5.02 Å². The van der Waals surface area contributed by atoms with Crippen molar-refractivity contribution in [2.24, 2.45) is 0 Å². The Morgan fingerprint density at radius 2 is 1.75 bits per heavy atom. The number of hydrogen-bond donors (Lipinski definition) is 1. The van der Waals surface area contributed by atoms with Crippen molar-refractivity contribution in [1.29, 1.82) is 0 Å². The van der Waals surface area contributed by atoms with Gasteiger partial charge in [-0.05, 0) is 24.3 Å². The molecule has 7 nitrogen and oxygen atoms in total. The number of benzene rings is 2. The van der Waals surface area contributed by atoms with Gasteiger partial charge in [-0.1, -0.05) is 11.6 Å². The van der Waals surface area contributed by atoms with E-state index >= 15 is 0 Å². The molecule has 2 aromatic carbocycles. The number of nitrogens with one attached hydrogen (secondary N) is 1. The first-order chi connectivity index (χ1) is 11.4. The maximum absolute atomic E-state index is 12.5. The third-order valence-corrected chi connectivity index (χ3v) is 4.72. The van der Waals surface area contributed by atoms with Crippen LogP contribution in [-0.2, 0) is 14.8 Å². The molecule has 0 spiro atoms. The molecule has 0 atom stereocenters. The lowest BCUT2D eigenvalue weighted by Gasteiger charge is -2.13. The second-order valence-corrected chi connectivity index (χ2v) is 6.57. The first kappa shape index (κ1) is 17.9. The molecule has 0 bridgehead atoms. The molecule has 9 heteroatoms. The lowest BCUT2D eigenvalue weighted by molar-refractivity contribution is -0.120. The van der Waals surface area contributed by atoms with Crippen molar-refractivity contribution in [3.05, 3.63) is 41.4 Å². The fourth-order valence-corrected chi connectivity index (χ4v) is 3.21. The minimum Gasteiger partial charge on any atom is -0.493 e. The van der Waals surface area contributed by atoms with Gasteiger partial charge in [-0.15, -0.1) is 0 Å². The van der Waals surface area contributed by atoms with Crippen molar-refractivity contribution in [1.82, 2.24) is 0 Å². The predicted octanol–water partition coefficient (Wildman–Crippen LogP) is 2.69. The molecule has 0 fully saturated rings. The molecule has 1 N–H and O–H groups in total.